The fraction of sp³-hybridized carbons (Fsp3) is 0.347. The van der Waals surface area contributed by atoms with Gasteiger partial charge in [-0.05, 0) is 68.8 Å². The van der Waals surface area contributed by atoms with Gasteiger partial charge >= 0.3 is 98.2 Å². The van der Waals surface area contributed by atoms with Gasteiger partial charge in [0, 0.05) is 6.07 Å². The molecule has 8 unspecified atom stereocenters. The number of carbonyl (C=O) groups excluding carboxylic acids is 6. The Morgan fingerprint density at radius 1 is 0.436 bits per heavy atom. The standard InChI is InChI=1S/C10H9FO6S.C9H3F5O6S.2C9H6F2O6S.C7H10O6S.C5H8O6S/c1-6-4-7(2-3-8(6)11)16-10(12)9-5-15-18(13,14)17-9;10-3-4(11)6(13)8(7(14)5(3)12)19-9(15)2-1-18-21(16,17)20-2;10-5-1-2-7(6(11)3-5)16-9(12)8-4-15-18(13,14)17-8;10-5-2-1-3-6(11)8(5)16-9(12)7-4-15-18(13,14)17-7;1-3-4-11-7(8)6-5(2)12-14(9,10)13-6;1-3-4(5(6)9-2)11-12(7,8)10-3/h2-4,9H,5H2,1H3;2H,1H2;1-3,8H,4H2;1-3,7H,4H2;3,5-6H,1,4H2,2H3;3-4H,1-2H3. The van der Waals surface area contributed by atoms with Gasteiger partial charge in [0.15, 0.2) is 23.2 Å². The Hall–Kier alpha value is -8.04. The number of carbonyl (C=O) groups is 6. The molecule has 6 aliphatic heterocycles. The van der Waals surface area contributed by atoms with Gasteiger partial charge in [0.2, 0.25) is 77.2 Å². The normalized spacial score (nSPS) is 24.0. The summed E-state index contributed by atoms with van der Waals surface area (Å²) in [4.78, 5) is 67.6. The second-order valence-corrected chi connectivity index (χ2v) is 26.0. The van der Waals surface area contributed by atoms with Crippen LogP contribution in [0.1, 0.15) is 19.4 Å². The number of ether oxygens (including phenoxy) is 6. The van der Waals surface area contributed by atoms with E-state index in [0.29, 0.717) is 11.6 Å². The molecule has 6 aliphatic rings. The van der Waals surface area contributed by atoms with Crippen LogP contribution in [0.15, 0.2) is 67.3 Å². The number of rotatable bonds is 12. The minimum Gasteiger partial charge on any atom is -0.467 e. The van der Waals surface area contributed by atoms with E-state index in [4.69, 9.17) is 4.74 Å². The van der Waals surface area contributed by atoms with Crippen molar-refractivity contribution in [2.24, 2.45) is 0 Å². The van der Waals surface area contributed by atoms with E-state index in [1.54, 1.807) is 0 Å². The van der Waals surface area contributed by atoms with Crippen molar-refractivity contribution in [1.29, 1.82) is 0 Å². The van der Waals surface area contributed by atoms with Gasteiger partial charge in [-0.1, -0.05) is 18.7 Å². The molecule has 0 aromatic heterocycles. The topological polar surface area (TPSA) is 473 Å². The predicted molar refractivity (Wildman–Crippen MR) is 293 cm³/mol. The summed E-state index contributed by atoms with van der Waals surface area (Å²) in [5.74, 6) is -26.2. The number of para-hydroxylation sites is 1. The molecule has 0 aliphatic carbocycles. The predicted octanol–water partition coefficient (Wildman–Crippen LogP) is 1.68. The molecule has 0 N–H and O–H groups in total. The number of hydrogen-bond acceptors (Lipinski definition) is 36. The van der Waals surface area contributed by atoms with Gasteiger partial charge in [-0.3, -0.25) is 0 Å². The molecule has 52 heteroatoms. The van der Waals surface area contributed by atoms with Gasteiger partial charge in [0.1, 0.15) is 62.6 Å². The molecule has 6 fully saturated rings. The van der Waals surface area contributed by atoms with E-state index in [9.17, 15) is 123 Å². The van der Waals surface area contributed by atoms with Crippen molar-refractivity contribution in [3.8, 4) is 23.0 Å². The Labute approximate surface area is 561 Å². The van der Waals surface area contributed by atoms with Crippen molar-refractivity contribution in [1.82, 2.24) is 0 Å². The van der Waals surface area contributed by atoms with Crippen LogP contribution in [-0.4, -0.2) is 175 Å². The number of hydrogen-bond donors (Lipinski definition) is 0. The molecule has 8 atom stereocenters. The number of aryl methyl sites for hydroxylation is 1. The lowest BCUT2D eigenvalue weighted by molar-refractivity contribution is -0.151. The van der Waals surface area contributed by atoms with Crippen LogP contribution in [0.4, 0.5) is 43.9 Å². The van der Waals surface area contributed by atoms with E-state index < -0.39 is 249 Å². The highest BCUT2D eigenvalue weighted by Gasteiger charge is 2.45. The molecule has 4 aromatic rings. The quantitative estimate of drug-likeness (QED) is 0.0486. The summed E-state index contributed by atoms with van der Waals surface area (Å²) in [6.45, 7) is 5.22. The van der Waals surface area contributed by atoms with Crippen molar-refractivity contribution in [3.63, 3.8) is 0 Å². The third-order valence-electron chi connectivity index (χ3n) is 11.2. The molecular weight excluding hydrogens is 1550 g/mol. The molecule has 0 radical (unpaired) electrons. The van der Waals surface area contributed by atoms with E-state index in [2.05, 4.69) is 80.5 Å². The van der Waals surface area contributed by atoms with Crippen LogP contribution in [-0.2, 0) is 151 Å². The minimum absolute atomic E-state index is 0.00542. The van der Waals surface area contributed by atoms with Gasteiger partial charge in [-0.15, -0.1) is 0 Å². The molecule has 4 aromatic carbocycles. The number of esters is 6. The van der Waals surface area contributed by atoms with Crippen molar-refractivity contribution in [3.05, 3.63) is 131 Å². The van der Waals surface area contributed by atoms with Crippen molar-refractivity contribution < 1.29 is 202 Å². The van der Waals surface area contributed by atoms with Gasteiger partial charge in [0.05, 0.1) is 7.11 Å². The molecule has 6 heterocycles. The summed E-state index contributed by atoms with van der Waals surface area (Å²) in [5, 5.41) is 0. The number of benzene rings is 4. The molecule has 101 heavy (non-hydrogen) atoms. The SMILES string of the molecule is C=CCOC(=O)C1OS(=O)(=O)OC1C.COC(=O)C1OS(=O)(=O)OC1C.Cc1cc(OC(=O)C2COS(=O)(=O)O2)ccc1F.O=C(Oc1c(F)c(F)c(F)c(F)c1F)C1COS(=O)(=O)O1.O=C(Oc1c(F)cccc1F)C1COS(=O)(=O)O1.O=C(Oc1ccc(F)cc1F)C1COS(=O)(=O)O1. The molecule has 560 valence electrons. The van der Waals surface area contributed by atoms with Gasteiger partial charge < -0.3 is 28.4 Å². The minimum atomic E-state index is -4.47. The lowest BCUT2D eigenvalue weighted by Crippen LogP contribution is -2.31. The summed E-state index contributed by atoms with van der Waals surface area (Å²) in [7, 11) is -23.9. The summed E-state index contributed by atoms with van der Waals surface area (Å²) < 4.78 is 336. The van der Waals surface area contributed by atoms with E-state index >= 15 is 0 Å². The average Bonchev–Trinajstić information content (AvgIpc) is 1.54. The number of methoxy groups -OCH3 is 1. The molecule has 10 rings (SSSR count). The maximum atomic E-state index is 13.2. The highest BCUT2D eigenvalue weighted by atomic mass is 32.3. The largest absolute Gasteiger partial charge is 0.467 e. The van der Waals surface area contributed by atoms with Crippen LogP contribution < -0.4 is 18.9 Å². The van der Waals surface area contributed by atoms with E-state index in [0.717, 1.165) is 43.5 Å². The molecular formula is C49H42F10O36S6. The lowest BCUT2D eigenvalue weighted by atomic mass is 10.2. The fourth-order valence-electron chi connectivity index (χ4n) is 6.71. The molecule has 0 amide bonds. The highest BCUT2D eigenvalue weighted by Crippen LogP contribution is 2.31. The molecule has 0 spiro atoms. The first-order chi connectivity index (χ1) is 46.7. The summed E-state index contributed by atoms with van der Waals surface area (Å²) in [6.07, 6.45) is -9.06. The van der Waals surface area contributed by atoms with Crippen LogP contribution in [0.2, 0.25) is 0 Å². The Bertz CT molecular complexity index is 4480. The smallest absolute Gasteiger partial charge is 0.401 e. The second kappa shape index (κ2) is 34.8. The third kappa shape index (κ3) is 24.6. The van der Waals surface area contributed by atoms with Crippen molar-refractivity contribution in [2.75, 3.05) is 40.1 Å². The Morgan fingerprint density at radius 2 is 0.822 bits per heavy atom. The average molecular weight is 1590 g/mol. The van der Waals surface area contributed by atoms with Crippen molar-refractivity contribution in [2.45, 2.75) is 69.6 Å². The fourth-order valence-corrected chi connectivity index (χ4v) is 11.8. The summed E-state index contributed by atoms with van der Waals surface area (Å²) >= 11 is 0. The first kappa shape index (κ1) is 83.6. The first-order valence-electron chi connectivity index (χ1n) is 26.1. The maximum Gasteiger partial charge on any atom is 0.401 e. The van der Waals surface area contributed by atoms with Gasteiger partial charge in [-0.2, -0.15) is 59.3 Å². The van der Waals surface area contributed by atoms with Crippen LogP contribution in [0.3, 0.4) is 0 Å². The first-order valence-corrected chi connectivity index (χ1v) is 34.1. The van der Waals surface area contributed by atoms with E-state index in [-0.39, 0.29) is 12.4 Å². The zero-order valence-electron chi connectivity index (χ0n) is 50.1. The zero-order valence-corrected chi connectivity index (χ0v) is 55.0. The van der Waals surface area contributed by atoms with Gasteiger partial charge in [-0.25, -0.2) is 114 Å². The molecule has 36 nitrogen and oxygen atoms in total. The van der Waals surface area contributed by atoms with Crippen LogP contribution in [0, 0.1) is 65.1 Å². The summed E-state index contributed by atoms with van der Waals surface area (Å²) in [6, 6.07) is 8.86. The van der Waals surface area contributed by atoms with Crippen LogP contribution >= 0.6 is 0 Å². The number of halogens is 10. The van der Waals surface area contributed by atoms with E-state index in [1.807, 2.05) is 0 Å². The van der Waals surface area contributed by atoms with E-state index in [1.165, 1.54) is 39.0 Å². The zero-order chi connectivity index (χ0) is 76.1. The van der Waals surface area contributed by atoms with Crippen molar-refractivity contribution >= 4 is 98.2 Å². The second-order valence-electron chi connectivity index (χ2n) is 18.6. The summed E-state index contributed by atoms with van der Waals surface area (Å²) in [5.41, 5.74) is 0.302. The monoisotopic (exact) mass is 1590 g/mol. The molecule has 6 saturated heterocycles. The Balaban J connectivity index is 0.000000220. The third-order valence-corrected chi connectivity index (χ3v) is 16.8. The highest BCUT2D eigenvalue weighted by molar-refractivity contribution is 7.83. The molecule has 0 bridgehead atoms. The van der Waals surface area contributed by atoms with Crippen LogP contribution in [0.5, 0.6) is 23.0 Å². The Morgan fingerprint density at radius 3 is 1.18 bits per heavy atom. The van der Waals surface area contributed by atoms with Crippen LogP contribution in [0.25, 0.3) is 0 Å². The lowest BCUT2D eigenvalue weighted by Gasteiger charge is -2.10. The molecule has 0 saturated carbocycles. The maximum absolute atomic E-state index is 13.2. The Kier molecular flexibility index (Phi) is 28.8. The van der Waals surface area contributed by atoms with Gasteiger partial charge in [0.25, 0.3) is 0 Å².